The fourth-order valence-corrected chi connectivity index (χ4v) is 7.83. The Morgan fingerprint density at radius 1 is 1.17 bits per heavy atom. The van der Waals surface area contributed by atoms with Gasteiger partial charge in [0.1, 0.15) is 5.75 Å². The Kier molecular flexibility index (Phi) is 8.25. The van der Waals surface area contributed by atoms with E-state index in [1.54, 1.807) is 18.2 Å². The van der Waals surface area contributed by atoms with E-state index in [0.29, 0.717) is 51.3 Å². The zero-order valence-electron chi connectivity index (χ0n) is 24.2. The van der Waals surface area contributed by atoms with Gasteiger partial charge in [0.25, 0.3) is 0 Å². The van der Waals surface area contributed by atoms with Crippen molar-refractivity contribution in [3.63, 3.8) is 0 Å². The first-order chi connectivity index (χ1) is 20.3. The maximum atomic E-state index is 12.2. The second kappa shape index (κ2) is 11.9. The SMILES string of the molecule is CCOC(=O)[C@H]1CC=C([C@@H](O)[C@@H]2CC[C@H]2CN2CC3(CCCc4cc(Cl)ccc43)COc3ccc(C(=O)O)cc32)CC1. The third kappa shape index (κ3) is 5.53. The van der Waals surface area contributed by atoms with Crippen molar-refractivity contribution in [2.24, 2.45) is 17.8 Å². The first-order valence-electron chi connectivity index (χ1n) is 15.4. The number of halogens is 1. The van der Waals surface area contributed by atoms with Crippen molar-refractivity contribution in [1.29, 1.82) is 0 Å². The molecule has 2 aromatic carbocycles. The van der Waals surface area contributed by atoms with Crippen molar-refractivity contribution < 1.29 is 29.3 Å². The van der Waals surface area contributed by atoms with E-state index in [0.717, 1.165) is 48.4 Å². The lowest BCUT2D eigenvalue weighted by Crippen LogP contribution is -2.50. The Morgan fingerprint density at radius 3 is 2.74 bits per heavy atom. The fourth-order valence-electron chi connectivity index (χ4n) is 7.64. The van der Waals surface area contributed by atoms with E-state index in [1.807, 2.05) is 13.0 Å². The quantitative estimate of drug-likeness (QED) is 0.292. The molecule has 6 rings (SSSR count). The highest BCUT2D eigenvalue weighted by Gasteiger charge is 2.45. The van der Waals surface area contributed by atoms with Gasteiger partial charge in [0.05, 0.1) is 36.5 Å². The molecule has 1 aliphatic heterocycles. The maximum absolute atomic E-state index is 12.2. The molecule has 0 amide bonds. The number of allylic oxidation sites excluding steroid dienone is 1. The highest BCUT2D eigenvalue weighted by atomic mass is 35.5. The summed E-state index contributed by atoms with van der Waals surface area (Å²) < 4.78 is 11.7. The van der Waals surface area contributed by atoms with E-state index < -0.39 is 12.1 Å². The number of aromatic carboxylic acids is 1. The van der Waals surface area contributed by atoms with Crippen molar-refractivity contribution >= 4 is 29.2 Å². The highest BCUT2D eigenvalue weighted by Crippen LogP contribution is 2.47. The van der Waals surface area contributed by atoms with Gasteiger partial charge in [0, 0.05) is 23.5 Å². The molecule has 7 nitrogen and oxygen atoms in total. The first kappa shape index (κ1) is 29.1. The number of rotatable bonds is 7. The van der Waals surface area contributed by atoms with E-state index in [1.165, 1.54) is 11.1 Å². The van der Waals surface area contributed by atoms with E-state index in [2.05, 4.69) is 23.1 Å². The largest absolute Gasteiger partial charge is 0.490 e. The Labute approximate surface area is 252 Å². The number of aliphatic hydroxyl groups excluding tert-OH is 1. The van der Waals surface area contributed by atoms with Crippen molar-refractivity contribution in [2.45, 2.75) is 69.8 Å². The van der Waals surface area contributed by atoms with Crippen molar-refractivity contribution in [1.82, 2.24) is 0 Å². The second-order valence-corrected chi connectivity index (χ2v) is 13.0. The Hall–Kier alpha value is -3.03. The van der Waals surface area contributed by atoms with Gasteiger partial charge in [-0.3, -0.25) is 4.79 Å². The number of hydrogen-bond donors (Lipinski definition) is 2. The number of hydrogen-bond acceptors (Lipinski definition) is 6. The number of carboxylic acids is 1. The molecule has 1 saturated carbocycles. The Balaban J connectivity index is 1.26. The molecule has 0 aromatic heterocycles. The third-order valence-corrected chi connectivity index (χ3v) is 10.3. The average Bonchev–Trinajstić information content (AvgIpc) is 3.12. The number of esters is 1. The van der Waals surface area contributed by atoms with Crippen LogP contribution in [0.5, 0.6) is 5.75 Å². The first-order valence-corrected chi connectivity index (χ1v) is 15.7. The lowest BCUT2D eigenvalue weighted by atomic mass is 9.67. The Bertz CT molecular complexity index is 1390. The summed E-state index contributed by atoms with van der Waals surface area (Å²) in [6, 6.07) is 11.3. The van der Waals surface area contributed by atoms with Crippen LogP contribution in [0.3, 0.4) is 0 Å². The van der Waals surface area contributed by atoms with Gasteiger partial charge in [-0.05, 0) is 117 Å². The van der Waals surface area contributed by atoms with Gasteiger partial charge in [0.15, 0.2) is 0 Å². The number of ether oxygens (including phenoxy) is 2. The summed E-state index contributed by atoms with van der Waals surface area (Å²) in [6.45, 7) is 4.15. The second-order valence-electron chi connectivity index (χ2n) is 12.5. The molecule has 1 unspecified atom stereocenters. The topological polar surface area (TPSA) is 96.3 Å². The van der Waals surface area contributed by atoms with Crippen LogP contribution in [-0.2, 0) is 21.4 Å². The summed E-state index contributed by atoms with van der Waals surface area (Å²) in [5, 5.41) is 22.0. The number of nitrogens with zero attached hydrogens (tertiary/aromatic N) is 1. The molecular weight excluding hydrogens is 554 g/mol. The molecule has 5 atom stereocenters. The molecule has 8 heteroatoms. The molecule has 42 heavy (non-hydrogen) atoms. The smallest absolute Gasteiger partial charge is 0.335 e. The van der Waals surface area contributed by atoms with E-state index in [9.17, 15) is 19.8 Å². The number of benzene rings is 2. The Morgan fingerprint density at radius 2 is 2.02 bits per heavy atom. The minimum atomic E-state index is -0.961. The van der Waals surface area contributed by atoms with Crippen LogP contribution in [0.4, 0.5) is 5.69 Å². The maximum Gasteiger partial charge on any atom is 0.335 e. The van der Waals surface area contributed by atoms with Crippen molar-refractivity contribution in [2.75, 3.05) is 31.2 Å². The number of aliphatic hydroxyl groups is 1. The van der Waals surface area contributed by atoms with Crippen LogP contribution >= 0.6 is 11.6 Å². The predicted octanol–water partition coefficient (Wildman–Crippen LogP) is 6.19. The summed E-state index contributed by atoms with van der Waals surface area (Å²) in [5.74, 6) is -0.148. The van der Waals surface area contributed by atoms with Crippen LogP contribution in [0.1, 0.15) is 73.4 Å². The van der Waals surface area contributed by atoms with Crippen LogP contribution in [0.2, 0.25) is 5.02 Å². The predicted molar refractivity (Wildman–Crippen MR) is 161 cm³/mol. The number of carboxylic acid groups (broad SMARTS) is 1. The van der Waals surface area contributed by atoms with Crippen molar-refractivity contribution in [3.8, 4) is 5.75 Å². The summed E-state index contributed by atoms with van der Waals surface area (Å²) in [5.41, 5.74) is 4.37. The summed E-state index contributed by atoms with van der Waals surface area (Å²) in [7, 11) is 0. The molecule has 1 heterocycles. The lowest BCUT2D eigenvalue weighted by Gasteiger charge is -2.46. The standard InChI is InChI=1S/C34H40ClNO6/c1-2-41-33(40)22-7-5-21(6-8-22)31(37)27-12-9-25(27)18-36-19-34(15-3-4-23-16-26(35)11-13-28(23)34)20-42-30-14-10-24(32(38)39)17-29(30)36/h5,10-11,13-14,16-17,22,25,27,31,37H,2-4,6-9,12,15,18-20H2,1H3,(H,38,39)/t22-,25-,27+,31+,34?/m0/s1. The van der Waals surface area contributed by atoms with Gasteiger partial charge in [0.2, 0.25) is 0 Å². The molecule has 2 aromatic rings. The van der Waals surface area contributed by atoms with Crippen LogP contribution < -0.4 is 9.64 Å². The van der Waals surface area contributed by atoms with E-state index in [-0.39, 0.29) is 34.7 Å². The summed E-state index contributed by atoms with van der Waals surface area (Å²) >= 11 is 6.38. The van der Waals surface area contributed by atoms with Crippen LogP contribution in [-0.4, -0.2) is 54.6 Å². The molecule has 1 fully saturated rings. The van der Waals surface area contributed by atoms with Gasteiger partial charge >= 0.3 is 11.9 Å². The molecule has 4 aliphatic rings. The normalized spacial score (nSPS) is 27.5. The van der Waals surface area contributed by atoms with E-state index >= 15 is 0 Å². The van der Waals surface area contributed by atoms with Crippen LogP contribution in [0.25, 0.3) is 0 Å². The average molecular weight is 594 g/mol. The number of aryl methyl sites for hydroxylation is 1. The molecular formula is C34H40ClNO6. The number of carbonyl (C=O) groups excluding carboxylic acids is 1. The van der Waals surface area contributed by atoms with Gasteiger partial charge in [-0.25, -0.2) is 4.79 Å². The molecule has 0 saturated heterocycles. The van der Waals surface area contributed by atoms with Crippen LogP contribution in [0.15, 0.2) is 48.0 Å². The summed E-state index contributed by atoms with van der Waals surface area (Å²) in [6.07, 6.45) is 8.49. The molecule has 0 bridgehead atoms. The molecule has 3 aliphatic carbocycles. The molecule has 2 N–H and O–H groups in total. The lowest BCUT2D eigenvalue weighted by molar-refractivity contribution is -0.148. The minimum Gasteiger partial charge on any atom is -0.490 e. The minimum absolute atomic E-state index is 0.124. The molecule has 224 valence electrons. The highest BCUT2D eigenvalue weighted by molar-refractivity contribution is 6.30. The zero-order chi connectivity index (χ0) is 29.4. The van der Waals surface area contributed by atoms with Gasteiger partial charge in [-0.15, -0.1) is 0 Å². The van der Waals surface area contributed by atoms with Crippen molar-refractivity contribution in [3.05, 3.63) is 69.8 Å². The van der Waals surface area contributed by atoms with Gasteiger partial charge in [-0.1, -0.05) is 23.7 Å². The summed E-state index contributed by atoms with van der Waals surface area (Å²) in [4.78, 5) is 26.5. The van der Waals surface area contributed by atoms with Gasteiger partial charge in [-0.2, -0.15) is 0 Å². The number of fused-ring (bicyclic) bond motifs is 3. The number of anilines is 1. The third-order valence-electron chi connectivity index (χ3n) is 10.1. The monoisotopic (exact) mass is 593 g/mol. The fraction of sp³-hybridized carbons (Fsp3) is 0.529. The molecule has 0 radical (unpaired) electrons. The zero-order valence-corrected chi connectivity index (χ0v) is 24.9. The molecule has 1 spiro atoms. The van der Waals surface area contributed by atoms with Crippen LogP contribution in [0, 0.1) is 17.8 Å². The number of carbonyl (C=O) groups is 2. The van der Waals surface area contributed by atoms with E-state index in [4.69, 9.17) is 21.1 Å². The van der Waals surface area contributed by atoms with Gasteiger partial charge < -0.3 is 24.6 Å².